The minimum atomic E-state index is -2.57. The van der Waals surface area contributed by atoms with Crippen LogP contribution < -0.4 is 15.5 Å². The maximum Gasteiger partial charge on any atom is 0.410 e. The van der Waals surface area contributed by atoms with Gasteiger partial charge in [-0.1, -0.05) is 18.2 Å². The van der Waals surface area contributed by atoms with Gasteiger partial charge in [0.1, 0.15) is 11.1 Å². The van der Waals surface area contributed by atoms with Gasteiger partial charge in [0.05, 0.1) is 28.4 Å². The predicted octanol–water partition coefficient (Wildman–Crippen LogP) is 7.97. The number of nitrogens with one attached hydrogen (secondary N) is 2. The van der Waals surface area contributed by atoms with Crippen LogP contribution in [0.3, 0.4) is 0 Å². The molecule has 2 aromatic heterocycles. The number of likely N-dealkylation sites (tertiary alicyclic amines) is 2. The molecule has 3 amide bonds. The van der Waals surface area contributed by atoms with E-state index in [2.05, 4.69) is 46.1 Å². The molecule has 312 valence electrons. The van der Waals surface area contributed by atoms with E-state index in [1.165, 1.54) is 0 Å². The third kappa shape index (κ3) is 6.52. The molecule has 2 N–H and O–H groups in total. The maximum atomic E-state index is 15.0. The Morgan fingerprint density at radius 1 is 0.983 bits per heavy atom. The molecule has 4 aromatic rings. The topological polar surface area (TPSA) is 125 Å². The van der Waals surface area contributed by atoms with Gasteiger partial charge in [0, 0.05) is 73.7 Å². The van der Waals surface area contributed by atoms with Crippen LogP contribution in [-0.2, 0) is 14.9 Å². The Kier molecular flexibility index (Phi) is 9.15. The minimum absolute atomic E-state index is 0.0207. The van der Waals surface area contributed by atoms with Crippen molar-refractivity contribution in [3.05, 3.63) is 65.5 Å². The lowest BCUT2D eigenvalue weighted by atomic mass is 9.73. The zero-order valence-corrected chi connectivity index (χ0v) is 35.0. The minimum Gasteiger partial charge on any atom is -0.444 e. The van der Waals surface area contributed by atoms with Gasteiger partial charge in [-0.25, -0.2) is 23.5 Å². The van der Waals surface area contributed by atoms with E-state index in [1.807, 2.05) is 69.3 Å². The van der Waals surface area contributed by atoms with E-state index in [0.717, 1.165) is 46.3 Å². The molecule has 0 radical (unpaired) electrons. The number of hydrogen-bond acceptors (Lipinski definition) is 8. The fourth-order valence-corrected chi connectivity index (χ4v) is 10.0. The molecule has 1 atom stereocenters. The Labute approximate surface area is 343 Å². The number of halogens is 2. The molecule has 3 aliphatic heterocycles. The Hall–Kier alpha value is -5.11. The Balaban J connectivity index is 1.07. The van der Waals surface area contributed by atoms with Crippen LogP contribution in [0.1, 0.15) is 101 Å². The number of aryl methyl sites for hydroxylation is 1. The molecule has 5 aliphatic rings. The van der Waals surface area contributed by atoms with Crippen molar-refractivity contribution in [1.29, 1.82) is 0 Å². The highest BCUT2D eigenvalue weighted by atomic mass is 19.3. The number of benzene rings is 2. The van der Waals surface area contributed by atoms with E-state index in [4.69, 9.17) is 14.7 Å². The standard InChI is InChI=1S/C45H54F2N8O4/c1-26(2)54-25-49-35-22-34(51-38(37(35)54)50-29-10-8-27(3)32(19-29)39(56)48-7)28-9-11-33-36(18-28)55(31-20-30(21-31)53-15-12-43(24-53)23-45(43,46)47)40(57)44(33)13-16-52(17-14-44)41(58)59-42(4,5)6/h8-11,18-19,22,25-26,30-31H,12-17,20-21,23-24H2,1-7H3,(H,48,56)(H,50,51)/t30-,31+,43?. The van der Waals surface area contributed by atoms with E-state index in [0.29, 0.717) is 68.2 Å². The monoisotopic (exact) mass is 808 g/mol. The average molecular weight is 809 g/mol. The number of piperidine rings is 1. The van der Waals surface area contributed by atoms with Crippen molar-refractivity contribution in [3.8, 4) is 11.3 Å². The summed E-state index contributed by atoms with van der Waals surface area (Å²) in [5.41, 5.74) is 4.66. The number of anilines is 3. The van der Waals surface area contributed by atoms with E-state index >= 15 is 0 Å². The first-order valence-corrected chi connectivity index (χ1v) is 21.0. The molecular formula is C45H54F2N8O4. The summed E-state index contributed by atoms with van der Waals surface area (Å²) in [4.78, 5) is 56.7. The number of aromatic nitrogens is 3. The Morgan fingerprint density at radius 2 is 1.71 bits per heavy atom. The van der Waals surface area contributed by atoms with Gasteiger partial charge in [-0.15, -0.1) is 0 Å². The summed E-state index contributed by atoms with van der Waals surface area (Å²) < 4.78 is 36.4. The highest BCUT2D eigenvalue weighted by Gasteiger charge is 2.73. The van der Waals surface area contributed by atoms with E-state index < -0.39 is 22.4 Å². The normalized spacial score (nSPS) is 24.5. The summed E-state index contributed by atoms with van der Waals surface area (Å²) in [6, 6.07) is 13.9. The number of ether oxygens (including phenoxy) is 1. The van der Waals surface area contributed by atoms with Crippen molar-refractivity contribution in [1.82, 2.24) is 29.7 Å². The Morgan fingerprint density at radius 3 is 2.36 bits per heavy atom. The van der Waals surface area contributed by atoms with Gasteiger partial charge in [-0.3, -0.25) is 14.5 Å². The largest absolute Gasteiger partial charge is 0.444 e. The smallest absolute Gasteiger partial charge is 0.410 e. The molecule has 2 saturated heterocycles. The first-order valence-electron chi connectivity index (χ1n) is 21.0. The van der Waals surface area contributed by atoms with Crippen LogP contribution in [0.15, 0.2) is 48.8 Å². The number of hydrogen-bond donors (Lipinski definition) is 2. The van der Waals surface area contributed by atoms with Crippen LogP contribution in [0.4, 0.5) is 30.8 Å². The number of fused-ring (bicyclic) bond motifs is 3. The number of pyridine rings is 1. The van der Waals surface area contributed by atoms with Crippen molar-refractivity contribution >= 4 is 46.1 Å². The van der Waals surface area contributed by atoms with Crippen molar-refractivity contribution in [3.63, 3.8) is 0 Å². The van der Waals surface area contributed by atoms with Crippen molar-refractivity contribution < 1.29 is 27.9 Å². The SMILES string of the molecule is CNC(=O)c1cc(Nc2nc(-c3ccc4c(c3)N([C@H]3C[C@@H](N5CCC6(C5)CC6(F)F)C3)C(=O)C43CCN(C(=O)OC(C)(C)C)CC3)cc3ncn(C(C)C)c23)ccc1C. The zero-order valence-electron chi connectivity index (χ0n) is 35.0. The second-order valence-electron chi connectivity index (χ2n) is 18.8. The molecule has 14 heteroatoms. The maximum absolute atomic E-state index is 15.0. The van der Waals surface area contributed by atoms with Crippen LogP contribution in [0, 0.1) is 12.3 Å². The number of rotatable bonds is 7. The lowest BCUT2D eigenvalue weighted by Gasteiger charge is -2.46. The second kappa shape index (κ2) is 13.7. The summed E-state index contributed by atoms with van der Waals surface area (Å²) in [7, 11) is 1.61. The summed E-state index contributed by atoms with van der Waals surface area (Å²) in [6.45, 7) is 13.5. The molecule has 59 heavy (non-hydrogen) atoms. The molecule has 2 aliphatic carbocycles. The predicted molar refractivity (Wildman–Crippen MR) is 222 cm³/mol. The quantitative estimate of drug-likeness (QED) is 0.193. The summed E-state index contributed by atoms with van der Waals surface area (Å²) >= 11 is 0. The summed E-state index contributed by atoms with van der Waals surface area (Å²) in [5, 5.41) is 6.22. The lowest BCUT2D eigenvalue weighted by molar-refractivity contribution is -0.126. The van der Waals surface area contributed by atoms with Crippen LogP contribution in [-0.4, -0.2) is 99.1 Å². The number of imidazole rings is 1. The second-order valence-corrected chi connectivity index (χ2v) is 18.8. The van der Waals surface area contributed by atoms with E-state index in [1.54, 1.807) is 11.9 Å². The van der Waals surface area contributed by atoms with Gasteiger partial charge in [0.15, 0.2) is 5.82 Å². The number of carbonyl (C=O) groups is 3. The molecule has 0 bridgehead atoms. The van der Waals surface area contributed by atoms with Crippen LogP contribution in [0.5, 0.6) is 0 Å². The van der Waals surface area contributed by atoms with Crippen LogP contribution in [0.2, 0.25) is 0 Å². The molecule has 2 spiro atoms. The highest BCUT2D eigenvalue weighted by molar-refractivity contribution is 6.09. The summed E-state index contributed by atoms with van der Waals surface area (Å²) in [6.07, 6.45) is 4.31. The number of carbonyl (C=O) groups excluding carboxylic acids is 3. The molecule has 9 rings (SSSR count). The van der Waals surface area contributed by atoms with Gasteiger partial charge < -0.3 is 29.7 Å². The van der Waals surface area contributed by atoms with Gasteiger partial charge in [-0.05, 0) is 116 Å². The van der Waals surface area contributed by atoms with Crippen molar-refractivity contribution in [2.24, 2.45) is 5.41 Å². The fraction of sp³-hybridized carbons (Fsp3) is 0.533. The first-order chi connectivity index (χ1) is 27.9. The number of nitrogens with zero attached hydrogens (tertiary/aromatic N) is 6. The lowest BCUT2D eigenvalue weighted by Crippen LogP contribution is -2.57. The molecule has 12 nitrogen and oxygen atoms in total. The van der Waals surface area contributed by atoms with Gasteiger partial charge in [0.2, 0.25) is 5.91 Å². The third-order valence-electron chi connectivity index (χ3n) is 13.6. The first kappa shape index (κ1) is 39.4. The van der Waals surface area contributed by atoms with Crippen LogP contribution in [0.25, 0.3) is 22.3 Å². The molecule has 5 heterocycles. The summed E-state index contributed by atoms with van der Waals surface area (Å²) in [5.74, 6) is -2.13. The van der Waals surface area contributed by atoms with Gasteiger partial charge >= 0.3 is 6.09 Å². The van der Waals surface area contributed by atoms with Gasteiger partial charge in [-0.2, -0.15) is 0 Å². The van der Waals surface area contributed by atoms with Crippen LogP contribution >= 0.6 is 0 Å². The Bertz CT molecular complexity index is 2370. The molecule has 1 unspecified atom stereocenters. The molecule has 4 fully saturated rings. The van der Waals surface area contributed by atoms with E-state index in [9.17, 15) is 23.2 Å². The van der Waals surface area contributed by atoms with Gasteiger partial charge in [0.25, 0.3) is 11.8 Å². The zero-order chi connectivity index (χ0) is 41.8. The number of amides is 3. The third-order valence-corrected chi connectivity index (χ3v) is 13.6. The van der Waals surface area contributed by atoms with Crippen molar-refractivity contribution in [2.45, 2.75) is 115 Å². The molecular weight excluding hydrogens is 755 g/mol. The average Bonchev–Trinajstić information content (AvgIpc) is 3.56. The highest BCUT2D eigenvalue weighted by Crippen LogP contribution is 2.65. The number of alkyl halides is 2. The molecule has 2 aromatic carbocycles. The molecule has 2 saturated carbocycles. The van der Waals surface area contributed by atoms with Crippen molar-refractivity contribution in [2.75, 3.05) is 43.4 Å². The fourth-order valence-electron chi connectivity index (χ4n) is 10.0. The van der Waals surface area contributed by atoms with E-state index in [-0.39, 0.29) is 42.5 Å².